The van der Waals surface area contributed by atoms with Crippen LogP contribution in [0, 0.1) is 0 Å². The van der Waals surface area contributed by atoms with Gasteiger partial charge in [-0.3, -0.25) is 4.99 Å². The fourth-order valence-electron chi connectivity index (χ4n) is 3.11. The van der Waals surface area contributed by atoms with Crippen molar-refractivity contribution in [2.45, 2.75) is 18.6 Å². The summed E-state index contributed by atoms with van der Waals surface area (Å²) < 4.78 is 44.1. The second-order valence-corrected chi connectivity index (χ2v) is 6.99. The summed E-state index contributed by atoms with van der Waals surface area (Å²) in [6.07, 6.45) is -0.682. The van der Waals surface area contributed by atoms with Crippen LogP contribution >= 0.6 is 35.6 Å². The molecule has 1 saturated heterocycles. The predicted molar refractivity (Wildman–Crippen MR) is 125 cm³/mol. The fraction of sp³-hybridized carbons (Fsp3) is 0.421. The number of nitrogens with zero attached hydrogens (tertiary/aromatic N) is 4. The Labute approximate surface area is 200 Å². The van der Waals surface area contributed by atoms with Crippen molar-refractivity contribution in [3.05, 3.63) is 47.2 Å². The van der Waals surface area contributed by atoms with E-state index >= 15 is 0 Å². The molecule has 1 atom stereocenters. The number of hydrogen-bond donors (Lipinski definition) is 2. The number of anilines is 1. The minimum absolute atomic E-state index is 0. The molecule has 1 aliphatic rings. The van der Waals surface area contributed by atoms with Gasteiger partial charge in [0.15, 0.2) is 5.96 Å². The second-order valence-electron chi connectivity index (χ2n) is 6.59. The number of ether oxygens (including phenoxy) is 1. The number of halogens is 5. The molecular weight excluding hydrogens is 548 g/mol. The van der Waals surface area contributed by atoms with Crippen LogP contribution in [0.15, 0.2) is 41.7 Å². The third-order valence-electron chi connectivity index (χ3n) is 4.50. The lowest BCUT2D eigenvalue weighted by atomic mass is 10.2. The van der Waals surface area contributed by atoms with Gasteiger partial charge >= 0.3 is 6.18 Å². The Morgan fingerprint density at radius 3 is 2.74 bits per heavy atom. The summed E-state index contributed by atoms with van der Waals surface area (Å²) >= 11 is 6.21. The average Bonchev–Trinajstić information content (AvgIpc) is 3.18. The van der Waals surface area contributed by atoms with E-state index in [1.165, 1.54) is 12.3 Å². The number of aromatic nitrogens is 2. The first kappa shape index (κ1) is 25.2. The lowest BCUT2D eigenvalue weighted by Crippen LogP contribution is -2.45. The Balaban J connectivity index is 0.00000341. The number of aliphatic imine (C=N–C) groups is 1. The molecule has 31 heavy (non-hydrogen) atoms. The Kier molecular flexibility index (Phi) is 9.41. The molecule has 0 spiro atoms. The van der Waals surface area contributed by atoms with E-state index in [0.717, 1.165) is 24.8 Å². The first-order valence-electron chi connectivity index (χ1n) is 9.36. The van der Waals surface area contributed by atoms with Gasteiger partial charge in [-0.2, -0.15) is 13.2 Å². The summed E-state index contributed by atoms with van der Waals surface area (Å²) in [7, 11) is 1.62. The highest BCUT2D eigenvalue weighted by molar-refractivity contribution is 14.0. The molecule has 1 fully saturated rings. The van der Waals surface area contributed by atoms with Gasteiger partial charge in [-0.05, 0) is 30.7 Å². The summed E-state index contributed by atoms with van der Waals surface area (Å²) in [6, 6.07) is 5.88. The highest BCUT2D eigenvalue weighted by Crippen LogP contribution is 2.34. The second kappa shape index (κ2) is 11.6. The molecule has 7 nitrogen and oxygen atoms in total. The fourth-order valence-corrected chi connectivity index (χ4v) is 3.35. The van der Waals surface area contributed by atoms with Crippen molar-refractivity contribution in [1.29, 1.82) is 0 Å². The molecule has 0 bridgehead atoms. The standard InChI is InChI=1S/C19H22ClF3N6O.HI/c1-24-18(27-9-11-30-17-14(19(21,22)23)4-2-8-26-17)28-13-6-10-29(12-13)16-15(20)5-3-7-25-16;/h2-5,7-8,13H,6,9-12H2,1H3,(H2,24,27,28);1H. The lowest BCUT2D eigenvalue weighted by molar-refractivity contribution is -0.139. The van der Waals surface area contributed by atoms with Gasteiger partial charge < -0.3 is 20.3 Å². The molecule has 1 aliphatic heterocycles. The van der Waals surface area contributed by atoms with Crippen molar-refractivity contribution < 1.29 is 17.9 Å². The molecule has 2 N–H and O–H groups in total. The molecule has 0 aliphatic carbocycles. The van der Waals surface area contributed by atoms with Gasteiger partial charge in [0.05, 0.1) is 11.6 Å². The third kappa shape index (κ3) is 6.99. The zero-order valence-corrected chi connectivity index (χ0v) is 19.8. The maximum absolute atomic E-state index is 13.0. The minimum atomic E-state index is -4.51. The summed E-state index contributed by atoms with van der Waals surface area (Å²) in [5.41, 5.74) is -0.897. The van der Waals surface area contributed by atoms with Crippen LogP contribution in [0.2, 0.25) is 5.02 Å². The number of nitrogens with one attached hydrogen (secondary N) is 2. The smallest absolute Gasteiger partial charge is 0.421 e. The highest BCUT2D eigenvalue weighted by Gasteiger charge is 2.35. The van der Waals surface area contributed by atoms with E-state index in [1.54, 1.807) is 25.4 Å². The molecule has 12 heteroatoms. The highest BCUT2D eigenvalue weighted by atomic mass is 127. The summed E-state index contributed by atoms with van der Waals surface area (Å²) in [5.74, 6) is 0.846. The van der Waals surface area contributed by atoms with Crippen LogP contribution in [0.5, 0.6) is 5.88 Å². The van der Waals surface area contributed by atoms with Crippen molar-refractivity contribution in [3.63, 3.8) is 0 Å². The normalized spacial score (nSPS) is 16.6. The van der Waals surface area contributed by atoms with Gasteiger partial charge in [-0.1, -0.05) is 11.6 Å². The van der Waals surface area contributed by atoms with Gasteiger partial charge in [0.25, 0.3) is 0 Å². The molecule has 170 valence electrons. The predicted octanol–water partition coefficient (Wildman–Crippen LogP) is 3.59. The van der Waals surface area contributed by atoms with Crippen LogP contribution in [-0.4, -0.2) is 55.3 Å². The zero-order chi connectivity index (χ0) is 21.6. The van der Waals surface area contributed by atoms with E-state index in [1.807, 2.05) is 0 Å². The van der Waals surface area contributed by atoms with E-state index in [-0.39, 0.29) is 43.2 Å². The molecule has 0 amide bonds. The van der Waals surface area contributed by atoms with E-state index in [4.69, 9.17) is 16.3 Å². The Hall–Kier alpha value is -2.02. The topological polar surface area (TPSA) is 74.7 Å². The Bertz CT molecular complexity index is 886. The number of pyridine rings is 2. The molecule has 0 saturated carbocycles. The molecule has 0 radical (unpaired) electrons. The Morgan fingerprint density at radius 2 is 2.03 bits per heavy atom. The molecule has 1 unspecified atom stereocenters. The van der Waals surface area contributed by atoms with Crippen LogP contribution in [-0.2, 0) is 6.18 Å². The quantitative estimate of drug-likeness (QED) is 0.239. The van der Waals surface area contributed by atoms with Crippen molar-refractivity contribution in [2.24, 2.45) is 4.99 Å². The van der Waals surface area contributed by atoms with Crippen LogP contribution in [0.3, 0.4) is 0 Å². The van der Waals surface area contributed by atoms with E-state index < -0.39 is 17.6 Å². The first-order valence-corrected chi connectivity index (χ1v) is 9.74. The van der Waals surface area contributed by atoms with Crippen molar-refractivity contribution in [3.8, 4) is 5.88 Å². The maximum Gasteiger partial charge on any atom is 0.421 e. The largest absolute Gasteiger partial charge is 0.475 e. The van der Waals surface area contributed by atoms with E-state index in [0.29, 0.717) is 17.5 Å². The van der Waals surface area contributed by atoms with Crippen LogP contribution in [0.25, 0.3) is 0 Å². The van der Waals surface area contributed by atoms with E-state index in [2.05, 4.69) is 30.5 Å². The summed E-state index contributed by atoms with van der Waals surface area (Å²) in [4.78, 5) is 14.2. The van der Waals surface area contributed by atoms with Gasteiger partial charge in [-0.15, -0.1) is 24.0 Å². The maximum atomic E-state index is 13.0. The van der Waals surface area contributed by atoms with Gasteiger partial charge in [-0.25, -0.2) is 9.97 Å². The SMILES string of the molecule is CN=C(NCCOc1ncccc1C(F)(F)F)NC1CCN(c2ncccc2Cl)C1.I. The van der Waals surface area contributed by atoms with Gasteiger partial charge in [0, 0.05) is 38.6 Å². The summed E-state index contributed by atoms with van der Waals surface area (Å²) in [6.45, 7) is 1.77. The van der Waals surface area contributed by atoms with Gasteiger partial charge in [0.2, 0.25) is 5.88 Å². The number of rotatable bonds is 6. The van der Waals surface area contributed by atoms with Crippen molar-refractivity contribution >= 4 is 47.4 Å². The molecule has 2 aromatic rings. The van der Waals surface area contributed by atoms with Crippen molar-refractivity contribution in [1.82, 2.24) is 20.6 Å². The number of alkyl halides is 3. The molecule has 3 rings (SSSR count). The summed E-state index contributed by atoms with van der Waals surface area (Å²) in [5, 5.41) is 6.93. The van der Waals surface area contributed by atoms with Gasteiger partial charge in [0.1, 0.15) is 18.0 Å². The van der Waals surface area contributed by atoms with Crippen LogP contribution in [0.4, 0.5) is 19.0 Å². The lowest BCUT2D eigenvalue weighted by Gasteiger charge is -2.20. The molecular formula is C19H23ClF3IN6O. The van der Waals surface area contributed by atoms with E-state index in [9.17, 15) is 13.2 Å². The number of guanidine groups is 1. The average molecular weight is 571 g/mol. The third-order valence-corrected chi connectivity index (χ3v) is 4.80. The zero-order valence-electron chi connectivity index (χ0n) is 16.7. The molecule has 2 aromatic heterocycles. The Morgan fingerprint density at radius 1 is 1.29 bits per heavy atom. The van der Waals surface area contributed by atoms with Crippen LogP contribution < -0.4 is 20.3 Å². The number of hydrogen-bond acceptors (Lipinski definition) is 5. The van der Waals surface area contributed by atoms with Crippen molar-refractivity contribution in [2.75, 3.05) is 38.2 Å². The molecule has 3 heterocycles. The first-order chi connectivity index (χ1) is 14.4. The minimum Gasteiger partial charge on any atom is -0.475 e. The van der Waals surface area contributed by atoms with Crippen LogP contribution in [0.1, 0.15) is 12.0 Å². The monoisotopic (exact) mass is 570 g/mol. The molecule has 0 aromatic carbocycles.